The van der Waals surface area contributed by atoms with Crippen LogP contribution >= 0.6 is 0 Å². The number of anilines is 2. The number of amides is 1. The zero-order valence-electron chi connectivity index (χ0n) is 21.7. The fourth-order valence-electron chi connectivity index (χ4n) is 5.43. The van der Waals surface area contributed by atoms with Gasteiger partial charge in [-0.15, -0.1) is 0 Å². The Hall–Kier alpha value is -4.28. The van der Waals surface area contributed by atoms with Gasteiger partial charge in [-0.2, -0.15) is 10.5 Å². The normalized spacial score (nSPS) is 22.5. The van der Waals surface area contributed by atoms with E-state index >= 15 is 0 Å². The Labute approximate surface area is 221 Å². The molecule has 1 fully saturated rings. The van der Waals surface area contributed by atoms with Crippen LogP contribution in [0.1, 0.15) is 55.8 Å². The number of nitriles is 2. The van der Waals surface area contributed by atoms with E-state index in [4.69, 9.17) is 9.47 Å². The van der Waals surface area contributed by atoms with Crippen LogP contribution in [-0.4, -0.2) is 52.8 Å². The van der Waals surface area contributed by atoms with Gasteiger partial charge in [0.25, 0.3) is 5.91 Å². The molecule has 10 heteroatoms. The lowest BCUT2D eigenvalue weighted by atomic mass is 9.72. The van der Waals surface area contributed by atoms with Crippen LogP contribution in [-0.2, 0) is 16.0 Å². The second-order valence-corrected chi connectivity index (χ2v) is 10.2. The molecular formula is C28H29N7O3. The van der Waals surface area contributed by atoms with E-state index < -0.39 is 0 Å². The molecule has 1 aliphatic heterocycles. The molecule has 194 valence electrons. The third kappa shape index (κ3) is 4.59. The van der Waals surface area contributed by atoms with Crippen molar-refractivity contribution in [2.75, 3.05) is 31.0 Å². The van der Waals surface area contributed by atoms with Gasteiger partial charge in [-0.05, 0) is 75.3 Å². The smallest absolute Gasteiger partial charge is 0.263 e. The number of nitrogens with zero attached hydrogens (tertiary/aromatic N) is 6. The summed E-state index contributed by atoms with van der Waals surface area (Å²) in [5.74, 6) is 1.58. The van der Waals surface area contributed by atoms with Crippen LogP contribution in [0.4, 0.5) is 11.6 Å². The van der Waals surface area contributed by atoms with Gasteiger partial charge >= 0.3 is 0 Å². The summed E-state index contributed by atoms with van der Waals surface area (Å²) in [5.41, 5.74) is 2.34. The number of aromatic nitrogens is 3. The molecule has 1 saturated carbocycles. The molecule has 3 aromatic rings. The van der Waals surface area contributed by atoms with Gasteiger partial charge < -0.3 is 19.7 Å². The summed E-state index contributed by atoms with van der Waals surface area (Å²) in [4.78, 5) is 27.4. The van der Waals surface area contributed by atoms with Gasteiger partial charge in [-0.25, -0.2) is 9.97 Å². The first-order valence-electron chi connectivity index (χ1n) is 12.6. The number of carbonyl (C=O) groups excluding carboxylic acids is 1. The van der Waals surface area contributed by atoms with Crippen LogP contribution in [0.15, 0.2) is 30.5 Å². The first kappa shape index (κ1) is 25.4. The molecule has 5 rings (SSSR count). The number of rotatable bonds is 6. The SMILES string of the molecule is COC1(CCc2c(C#N)cnc3ccc(C#N)nc23)CCC(C)(N(C)c2ccc3c(n2)NC(=O)CO3)CC1. The first-order valence-corrected chi connectivity index (χ1v) is 12.6. The topological polar surface area (TPSA) is 137 Å². The minimum atomic E-state index is -0.347. The maximum Gasteiger partial charge on any atom is 0.263 e. The minimum Gasteiger partial charge on any atom is -0.480 e. The highest BCUT2D eigenvalue weighted by molar-refractivity contribution is 5.94. The Morgan fingerprint density at radius 3 is 2.63 bits per heavy atom. The maximum absolute atomic E-state index is 11.7. The number of hydrogen-bond donors (Lipinski definition) is 1. The minimum absolute atomic E-state index is 0.00137. The van der Waals surface area contributed by atoms with Gasteiger partial charge in [0.15, 0.2) is 18.2 Å². The predicted molar refractivity (Wildman–Crippen MR) is 141 cm³/mol. The molecule has 1 N–H and O–H groups in total. The Balaban J connectivity index is 1.33. The molecule has 0 bridgehead atoms. The number of pyridine rings is 3. The molecule has 1 aliphatic carbocycles. The van der Waals surface area contributed by atoms with Crippen molar-refractivity contribution < 1.29 is 14.3 Å². The van der Waals surface area contributed by atoms with E-state index in [0.29, 0.717) is 40.3 Å². The summed E-state index contributed by atoms with van der Waals surface area (Å²) in [5, 5.41) is 21.8. The van der Waals surface area contributed by atoms with E-state index in [-0.39, 0.29) is 23.7 Å². The molecule has 2 aliphatic rings. The van der Waals surface area contributed by atoms with Crippen molar-refractivity contribution in [1.29, 1.82) is 10.5 Å². The first-order chi connectivity index (χ1) is 18.3. The van der Waals surface area contributed by atoms with Crippen LogP contribution in [0.2, 0.25) is 0 Å². The summed E-state index contributed by atoms with van der Waals surface area (Å²) >= 11 is 0. The third-order valence-corrected chi connectivity index (χ3v) is 8.17. The van der Waals surface area contributed by atoms with Crippen LogP contribution in [0.25, 0.3) is 11.0 Å². The second-order valence-electron chi connectivity index (χ2n) is 10.2. The molecule has 4 heterocycles. The van der Waals surface area contributed by atoms with Crippen molar-refractivity contribution >= 4 is 28.6 Å². The fourth-order valence-corrected chi connectivity index (χ4v) is 5.43. The zero-order chi connectivity index (χ0) is 26.9. The van der Waals surface area contributed by atoms with E-state index in [1.807, 2.05) is 19.2 Å². The summed E-state index contributed by atoms with van der Waals surface area (Å²) in [6, 6.07) is 11.5. The molecule has 0 radical (unpaired) electrons. The highest BCUT2D eigenvalue weighted by atomic mass is 16.5. The van der Waals surface area contributed by atoms with Crippen molar-refractivity contribution in [3.05, 3.63) is 47.3 Å². The van der Waals surface area contributed by atoms with E-state index in [2.05, 4.69) is 44.2 Å². The maximum atomic E-state index is 11.7. The molecule has 0 saturated heterocycles. The van der Waals surface area contributed by atoms with Gasteiger partial charge in [0, 0.05) is 25.9 Å². The molecule has 10 nitrogen and oxygen atoms in total. The lowest BCUT2D eigenvalue weighted by Gasteiger charge is -2.49. The molecule has 0 atom stereocenters. The average Bonchev–Trinajstić information content (AvgIpc) is 2.95. The van der Waals surface area contributed by atoms with E-state index in [0.717, 1.165) is 43.5 Å². The number of aryl methyl sites for hydroxylation is 1. The fraction of sp³-hybridized carbons (Fsp3) is 0.429. The highest BCUT2D eigenvalue weighted by Crippen LogP contribution is 2.44. The van der Waals surface area contributed by atoms with Crippen LogP contribution in [0.3, 0.4) is 0 Å². The van der Waals surface area contributed by atoms with Crippen molar-refractivity contribution in [3.8, 4) is 17.9 Å². The molecule has 0 aromatic carbocycles. The molecule has 0 spiro atoms. The van der Waals surface area contributed by atoms with Gasteiger partial charge in [0.1, 0.15) is 23.7 Å². The van der Waals surface area contributed by atoms with E-state index in [1.165, 1.54) is 0 Å². The quantitative estimate of drug-likeness (QED) is 0.522. The number of nitrogens with one attached hydrogen (secondary N) is 1. The Morgan fingerprint density at radius 1 is 1.13 bits per heavy atom. The predicted octanol–water partition coefficient (Wildman–Crippen LogP) is 3.89. The summed E-state index contributed by atoms with van der Waals surface area (Å²) < 4.78 is 11.6. The van der Waals surface area contributed by atoms with Gasteiger partial charge in [0.05, 0.1) is 22.2 Å². The summed E-state index contributed by atoms with van der Waals surface area (Å²) in [6.45, 7) is 2.22. The van der Waals surface area contributed by atoms with E-state index in [1.54, 1.807) is 25.4 Å². The lowest BCUT2D eigenvalue weighted by Crippen LogP contribution is -2.51. The van der Waals surface area contributed by atoms with Gasteiger partial charge in [0.2, 0.25) is 0 Å². The Kier molecular flexibility index (Phi) is 6.60. The number of ether oxygens (including phenoxy) is 2. The largest absolute Gasteiger partial charge is 0.480 e. The van der Waals surface area contributed by atoms with Crippen molar-refractivity contribution in [3.63, 3.8) is 0 Å². The summed E-state index contributed by atoms with van der Waals surface area (Å²) in [7, 11) is 3.78. The van der Waals surface area contributed by atoms with Crippen LogP contribution in [0, 0.1) is 22.7 Å². The van der Waals surface area contributed by atoms with E-state index in [9.17, 15) is 15.3 Å². The molecule has 38 heavy (non-hydrogen) atoms. The molecule has 0 unspecified atom stereocenters. The summed E-state index contributed by atoms with van der Waals surface area (Å²) in [6.07, 6.45) is 6.30. The highest BCUT2D eigenvalue weighted by Gasteiger charge is 2.43. The standard InChI is InChI=1S/C28H29N7O3/c1-27(35(2)23-7-6-22-26(33-23)34-24(36)17-38-22)10-12-28(37-3,13-11-27)9-8-20-18(14-29)16-31-21-5-4-19(15-30)32-25(20)21/h4-7,16H,8-13,17H2,1-3H3,(H,33,34,36). The number of hydrogen-bond acceptors (Lipinski definition) is 9. The van der Waals surface area contributed by atoms with Crippen LogP contribution in [0.5, 0.6) is 5.75 Å². The van der Waals surface area contributed by atoms with Crippen LogP contribution < -0.4 is 15.0 Å². The Morgan fingerprint density at radius 2 is 1.92 bits per heavy atom. The number of carbonyl (C=O) groups is 1. The monoisotopic (exact) mass is 511 g/mol. The second kappa shape index (κ2) is 9.88. The van der Waals surface area contributed by atoms with Crippen molar-refractivity contribution in [2.24, 2.45) is 0 Å². The number of fused-ring (bicyclic) bond motifs is 2. The molecule has 3 aromatic heterocycles. The Bertz CT molecular complexity index is 1480. The lowest BCUT2D eigenvalue weighted by molar-refractivity contribution is -0.118. The molecule has 1 amide bonds. The third-order valence-electron chi connectivity index (χ3n) is 8.17. The van der Waals surface area contributed by atoms with Gasteiger partial charge in [-0.1, -0.05) is 0 Å². The van der Waals surface area contributed by atoms with Gasteiger partial charge in [-0.3, -0.25) is 9.78 Å². The average molecular weight is 512 g/mol. The van der Waals surface area contributed by atoms with Crippen molar-refractivity contribution in [1.82, 2.24) is 15.0 Å². The molecular weight excluding hydrogens is 482 g/mol. The zero-order valence-corrected chi connectivity index (χ0v) is 21.7. The van der Waals surface area contributed by atoms with Crippen molar-refractivity contribution in [2.45, 2.75) is 56.6 Å². The number of methoxy groups -OCH3 is 1.